The lowest BCUT2D eigenvalue weighted by atomic mass is 9.97. The van der Waals surface area contributed by atoms with Gasteiger partial charge in [0, 0.05) is 30.2 Å². The number of fused-ring (bicyclic) bond motifs is 1. The molecular weight excluding hydrogens is 246 g/mol. The van der Waals surface area contributed by atoms with Crippen LogP contribution in [0, 0.1) is 5.92 Å². The molecule has 0 saturated heterocycles. The van der Waals surface area contributed by atoms with Gasteiger partial charge in [-0.05, 0) is 31.5 Å². The van der Waals surface area contributed by atoms with Gasteiger partial charge < -0.3 is 5.73 Å². The van der Waals surface area contributed by atoms with Crippen molar-refractivity contribution < 1.29 is 0 Å². The summed E-state index contributed by atoms with van der Waals surface area (Å²) in [5.74, 6) is 0.594. The van der Waals surface area contributed by atoms with Gasteiger partial charge in [0.1, 0.15) is 0 Å². The van der Waals surface area contributed by atoms with E-state index in [1.54, 1.807) is 0 Å². The zero-order valence-corrected chi connectivity index (χ0v) is 12.9. The van der Waals surface area contributed by atoms with Gasteiger partial charge in [0.15, 0.2) is 0 Å². The van der Waals surface area contributed by atoms with Crippen LogP contribution in [-0.4, -0.2) is 29.5 Å². The molecule has 0 aliphatic rings. The first-order chi connectivity index (χ1) is 9.56. The van der Waals surface area contributed by atoms with Crippen molar-refractivity contribution in [3.63, 3.8) is 0 Å². The van der Waals surface area contributed by atoms with Crippen molar-refractivity contribution >= 4 is 10.9 Å². The Hall–Kier alpha value is -1.45. The highest BCUT2D eigenvalue weighted by Gasteiger charge is 2.23. The summed E-state index contributed by atoms with van der Waals surface area (Å²) < 4.78 is 0. The number of para-hydroxylation sites is 1. The zero-order chi connectivity index (χ0) is 14.7. The highest BCUT2D eigenvalue weighted by atomic mass is 15.2. The molecule has 20 heavy (non-hydrogen) atoms. The minimum atomic E-state index is 0.200. The number of likely N-dealkylation sites (N-methyl/N-ethyl adjacent to an activating group) is 1. The maximum atomic E-state index is 6.07. The number of nitrogens with zero attached hydrogens (tertiary/aromatic N) is 2. The first-order valence-corrected chi connectivity index (χ1v) is 7.32. The van der Waals surface area contributed by atoms with E-state index in [2.05, 4.69) is 62.0 Å². The molecule has 0 bridgehead atoms. The van der Waals surface area contributed by atoms with Crippen LogP contribution in [0.1, 0.15) is 32.4 Å². The van der Waals surface area contributed by atoms with Crippen molar-refractivity contribution in [3.8, 4) is 0 Å². The number of hydrogen-bond donors (Lipinski definition) is 1. The van der Waals surface area contributed by atoms with Crippen molar-refractivity contribution in [2.24, 2.45) is 11.7 Å². The average Bonchev–Trinajstić information content (AvgIpc) is 2.47. The Morgan fingerprint density at radius 1 is 1.15 bits per heavy atom. The zero-order valence-electron chi connectivity index (χ0n) is 12.9. The number of pyridine rings is 1. The highest BCUT2D eigenvalue weighted by molar-refractivity contribution is 5.82. The molecule has 0 saturated carbocycles. The van der Waals surface area contributed by atoms with Crippen molar-refractivity contribution in [1.29, 1.82) is 0 Å². The van der Waals surface area contributed by atoms with E-state index in [4.69, 9.17) is 5.73 Å². The van der Waals surface area contributed by atoms with Crippen LogP contribution in [-0.2, 0) is 0 Å². The second-order valence-corrected chi connectivity index (χ2v) is 5.82. The summed E-state index contributed by atoms with van der Waals surface area (Å²) in [5, 5.41) is 1.18. The topological polar surface area (TPSA) is 42.1 Å². The molecule has 2 aromatic rings. The van der Waals surface area contributed by atoms with E-state index < -0.39 is 0 Å². The number of aromatic nitrogens is 1. The lowest BCUT2D eigenvalue weighted by Gasteiger charge is -2.35. The molecule has 0 aliphatic carbocycles. The van der Waals surface area contributed by atoms with E-state index >= 15 is 0 Å². The molecule has 1 heterocycles. The third-order valence-corrected chi connectivity index (χ3v) is 4.35. The number of rotatable bonds is 5. The van der Waals surface area contributed by atoms with Crippen LogP contribution in [0.4, 0.5) is 0 Å². The molecule has 1 aromatic heterocycles. The fourth-order valence-corrected chi connectivity index (χ4v) is 2.66. The second kappa shape index (κ2) is 6.33. The standard InChI is InChI=1S/C17H25N3/c1-12(2)13(3)20(4)16(11-18)15-9-5-7-14-8-6-10-19-17(14)15/h5-10,12-13,16H,11,18H2,1-4H3. The van der Waals surface area contributed by atoms with Gasteiger partial charge in [-0.2, -0.15) is 0 Å². The number of hydrogen-bond acceptors (Lipinski definition) is 3. The molecule has 3 nitrogen and oxygen atoms in total. The fraction of sp³-hybridized carbons (Fsp3) is 0.471. The SMILES string of the molecule is CC(C)C(C)N(C)C(CN)c1cccc2cccnc12. The van der Waals surface area contributed by atoms with E-state index in [1.165, 1.54) is 10.9 Å². The molecule has 2 N–H and O–H groups in total. The van der Waals surface area contributed by atoms with Crippen molar-refractivity contribution in [1.82, 2.24) is 9.88 Å². The largest absolute Gasteiger partial charge is 0.329 e. The predicted octanol–water partition coefficient (Wildman–Crippen LogP) is 3.21. The summed E-state index contributed by atoms with van der Waals surface area (Å²) in [6.45, 7) is 7.35. The van der Waals surface area contributed by atoms with E-state index in [0.717, 1.165) is 5.52 Å². The molecular formula is C17H25N3. The number of benzene rings is 1. The van der Waals surface area contributed by atoms with E-state index in [0.29, 0.717) is 18.5 Å². The Morgan fingerprint density at radius 2 is 1.85 bits per heavy atom. The average molecular weight is 271 g/mol. The minimum absolute atomic E-state index is 0.200. The first kappa shape index (κ1) is 14.9. The van der Waals surface area contributed by atoms with Crippen molar-refractivity contribution in [2.45, 2.75) is 32.9 Å². The van der Waals surface area contributed by atoms with Gasteiger partial charge in [0.2, 0.25) is 0 Å². The van der Waals surface area contributed by atoms with Crippen LogP contribution < -0.4 is 5.73 Å². The van der Waals surface area contributed by atoms with Gasteiger partial charge in [-0.1, -0.05) is 38.1 Å². The second-order valence-electron chi connectivity index (χ2n) is 5.82. The molecule has 0 fully saturated rings. The molecule has 0 radical (unpaired) electrons. The van der Waals surface area contributed by atoms with Gasteiger partial charge in [-0.3, -0.25) is 9.88 Å². The van der Waals surface area contributed by atoms with Crippen LogP contribution in [0.15, 0.2) is 36.5 Å². The Kier molecular flexibility index (Phi) is 4.73. The smallest absolute Gasteiger partial charge is 0.0750 e. The van der Waals surface area contributed by atoms with E-state index in [-0.39, 0.29) is 6.04 Å². The summed E-state index contributed by atoms with van der Waals surface area (Å²) in [5.41, 5.74) is 8.35. The molecule has 2 atom stereocenters. The highest BCUT2D eigenvalue weighted by Crippen LogP contribution is 2.28. The van der Waals surface area contributed by atoms with E-state index in [1.807, 2.05) is 12.3 Å². The molecule has 3 heteroatoms. The third kappa shape index (κ3) is 2.84. The molecule has 0 amide bonds. The maximum Gasteiger partial charge on any atom is 0.0750 e. The quantitative estimate of drug-likeness (QED) is 0.908. The number of nitrogens with two attached hydrogens (primary N) is 1. The van der Waals surface area contributed by atoms with Crippen LogP contribution in [0.25, 0.3) is 10.9 Å². The summed E-state index contributed by atoms with van der Waals surface area (Å²) in [4.78, 5) is 6.92. The molecule has 0 spiro atoms. The summed E-state index contributed by atoms with van der Waals surface area (Å²) in [6, 6.07) is 11.1. The van der Waals surface area contributed by atoms with Gasteiger partial charge in [0.25, 0.3) is 0 Å². The van der Waals surface area contributed by atoms with Gasteiger partial charge in [-0.25, -0.2) is 0 Å². The summed E-state index contributed by atoms with van der Waals surface area (Å²) in [7, 11) is 2.16. The Labute approximate surface area is 121 Å². The summed E-state index contributed by atoms with van der Waals surface area (Å²) >= 11 is 0. The molecule has 2 unspecified atom stereocenters. The van der Waals surface area contributed by atoms with Crippen LogP contribution >= 0.6 is 0 Å². The molecule has 2 rings (SSSR count). The lowest BCUT2D eigenvalue weighted by molar-refractivity contribution is 0.152. The third-order valence-electron chi connectivity index (χ3n) is 4.35. The minimum Gasteiger partial charge on any atom is -0.329 e. The molecule has 0 aliphatic heterocycles. The van der Waals surface area contributed by atoms with E-state index in [9.17, 15) is 0 Å². The van der Waals surface area contributed by atoms with Crippen LogP contribution in [0.2, 0.25) is 0 Å². The van der Waals surface area contributed by atoms with Crippen LogP contribution in [0.3, 0.4) is 0 Å². The first-order valence-electron chi connectivity index (χ1n) is 7.32. The monoisotopic (exact) mass is 271 g/mol. The molecule has 1 aromatic carbocycles. The maximum absolute atomic E-state index is 6.07. The van der Waals surface area contributed by atoms with Crippen molar-refractivity contribution in [3.05, 3.63) is 42.1 Å². The van der Waals surface area contributed by atoms with Gasteiger partial charge >= 0.3 is 0 Å². The fourth-order valence-electron chi connectivity index (χ4n) is 2.66. The van der Waals surface area contributed by atoms with Crippen molar-refractivity contribution in [2.75, 3.05) is 13.6 Å². The normalized spacial score (nSPS) is 14.9. The Morgan fingerprint density at radius 3 is 2.50 bits per heavy atom. The molecule has 108 valence electrons. The van der Waals surface area contributed by atoms with Crippen LogP contribution in [0.5, 0.6) is 0 Å². The van der Waals surface area contributed by atoms with Gasteiger partial charge in [-0.15, -0.1) is 0 Å². The Balaban J connectivity index is 2.44. The Bertz CT molecular complexity index is 560. The van der Waals surface area contributed by atoms with Gasteiger partial charge in [0.05, 0.1) is 5.52 Å². The predicted molar refractivity (Wildman–Crippen MR) is 85.6 cm³/mol. The lowest BCUT2D eigenvalue weighted by Crippen LogP contribution is -2.39. The summed E-state index contributed by atoms with van der Waals surface area (Å²) in [6.07, 6.45) is 1.85.